The van der Waals surface area contributed by atoms with Crippen molar-refractivity contribution < 1.29 is 14.3 Å². The predicted octanol–water partition coefficient (Wildman–Crippen LogP) is 1.41. The van der Waals surface area contributed by atoms with E-state index < -0.39 is 0 Å². The Kier molecular flexibility index (Phi) is 3.78. The second-order valence-electron chi connectivity index (χ2n) is 5.44. The van der Waals surface area contributed by atoms with Crippen LogP contribution in [0.2, 0.25) is 0 Å². The Labute approximate surface area is 118 Å². The van der Waals surface area contributed by atoms with Crippen LogP contribution in [0.25, 0.3) is 0 Å². The predicted molar refractivity (Wildman–Crippen MR) is 74.3 cm³/mol. The van der Waals surface area contributed by atoms with E-state index in [-0.39, 0.29) is 18.6 Å². The summed E-state index contributed by atoms with van der Waals surface area (Å²) >= 11 is 0. The molecule has 1 aliphatic heterocycles. The fourth-order valence-corrected chi connectivity index (χ4v) is 3.04. The molecule has 2 atom stereocenters. The molecule has 0 aromatic heterocycles. The van der Waals surface area contributed by atoms with Gasteiger partial charge in [0.25, 0.3) is 0 Å². The molecule has 0 unspecified atom stereocenters. The number of ether oxygens (including phenoxy) is 2. The van der Waals surface area contributed by atoms with Gasteiger partial charge < -0.3 is 20.5 Å². The summed E-state index contributed by atoms with van der Waals surface area (Å²) in [6, 6.07) is 5.74. The number of hydrogen-bond acceptors (Lipinski definition) is 4. The fourth-order valence-electron chi connectivity index (χ4n) is 3.04. The molecule has 1 fully saturated rings. The largest absolute Gasteiger partial charge is 0.454 e. The van der Waals surface area contributed by atoms with Gasteiger partial charge in [-0.05, 0) is 43.0 Å². The molecule has 1 aromatic carbocycles. The van der Waals surface area contributed by atoms with Crippen molar-refractivity contribution in [2.75, 3.05) is 13.3 Å². The number of fused-ring (bicyclic) bond motifs is 1. The Balaban J connectivity index is 1.58. The maximum Gasteiger partial charge on any atom is 0.231 e. The molecule has 2 aliphatic rings. The lowest BCUT2D eigenvalue weighted by Crippen LogP contribution is -2.34. The van der Waals surface area contributed by atoms with Gasteiger partial charge in [-0.15, -0.1) is 0 Å². The zero-order chi connectivity index (χ0) is 13.9. The van der Waals surface area contributed by atoms with E-state index in [9.17, 15) is 4.79 Å². The van der Waals surface area contributed by atoms with E-state index in [0.717, 1.165) is 36.3 Å². The first-order chi connectivity index (χ1) is 9.78. The maximum atomic E-state index is 12.2. The van der Waals surface area contributed by atoms with Crippen molar-refractivity contribution in [1.82, 2.24) is 5.32 Å². The summed E-state index contributed by atoms with van der Waals surface area (Å²) < 4.78 is 10.6. The molecule has 1 heterocycles. The summed E-state index contributed by atoms with van der Waals surface area (Å²) in [5.41, 5.74) is 6.74. The van der Waals surface area contributed by atoms with Gasteiger partial charge in [-0.2, -0.15) is 0 Å². The van der Waals surface area contributed by atoms with Crippen molar-refractivity contribution in [3.63, 3.8) is 0 Å². The number of benzene rings is 1. The van der Waals surface area contributed by atoms with Crippen LogP contribution in [-0.2, 0) is 11.3 Å². The van der Waals surface area contributed by atoms with Gasteiger partial charge in [0.1, 0.15) is 0 Å². The van der Waals surface area contributed by atoms with Gasteiger partial charge in [-0.1, -0.05) is 12.5 Å². The van der Waals surface area contributed by atoms with Crippen molar-refractivity contribution in [1.29, 1.82) is 0 Å². The maximum absolute atomic E-state index is 12.2. The lowest BCUT2D eigenvalue weighted by Gasteiger charge is -2.17. The highest BCUT2D eigenvalue weighted by molar-refractivity contribution is 5.79. The number of carbonyl (C=O) groups excluding carboxylic acids is 1. The molecule has 5 nitrogen and oxygen atoms in total. The minimum atomic E-state index is 0.0778. The van der Waals surface area contributed by atoms with Crippen LogP contribution in [0.5, 0.6) is 11.5 Å². The third kappa shape index (κ3) is 2.58. The Morgan fingerprint density at radius 3 is 3.00 bits per heavy atom. The quantitative estimate of drug-likeness (QED) is 0.872. The highest BCUT2D eigenvalue weighted by atomic mass is 16.7. The van der Waals surface area contributed by atoms with Crippen LogP contribution >= 0.6 is 0 Å². The van der Waals surface area contributed by atoms with E-state index in [0.29, 0.717) is 19.0 Å². The average molecular weight is 276 g/mol. The van der Waals surface area contributed by atoms with Crippen molar-refractivity contribution in [2.45, 2.75) is 25.8 Å². The molecule has 20 heavy (non-hydrogen) atoms. The van der Waals surface area contributed by atoms with Crippen molar-refractivity contribution in [3.05, 3.63) is 23.8 Å². The number of nitrogens with one attached hydrogen (secondary N) is 1. The van der Waals surface area contributed by atoms with Crippen LogP contribution in [-0.4, -0.2) is 19.2 Å². The van der Waals surface area contributed by atoms with Gasteiger partial charge in [0.05, 0.1) is 0 Å². The first-order valence-corrected chi connectivity index (χ1v) is 7.14. The molecule has 1 aliphatic carbocycles. The number of hydrogen-bond donors (Lipinski definition) is 2. The molecule has 0 bridgehead atoms. The summed E-state index contributed by atoms with van der Waals surface area (Å²) in [6.45, 7) is 1.39. The lowest BCUT2D eigenvalue weighted by molar-refractivity contribution is -0.126. The average Bonchev–Trinajstić information content (AvgIpc) is 3.12. The summed E-state index contributed by atoms with van der Waals surface area (Å²) in [5, 5.41) is 3.01. The summed E-state index contributed by atoms with van der Waals surface area (Å²) in [7, 11) is 0. The van der Waals surface area contributed by atoms with E-state index >= 15 is 0 Å². The monoisotopic (exact) mass is 276 g/mol. The second kappa shape index (κ2) is 5.71. The fraction of sp³-hybridized carbons (Fsp3) is 0.533. The van der Waals surface area contributed by atoms with E-state index in [1.807, 2.05) is 18.2 Å². The number of nitrogens with two attached hydrogens (primary N) is 1. The van der Waals surface area contributed by atoms with Gasteiger partial charge in [0.2, 0.25) is 12.7 Å². The van der Waals surface area contributed by atoms with E-state index in [1.165, 1.54) is 0 Å². The zero-order valence-electron chi connectivity index (χ0n) is 11.4. The summed E-state index contributed by atoms with van der Waals surface area (Å²) in [6.07, 6.45) is 3.12. The van der Waals surface area contributed by atoms with E-state index in [1.54, 1.807) is 0 Å². The number of amides is 1. The second-order valence-corrected chi connectivity index (χ2v) is 5.44. The molecule has 5 heteroatoms. The zero-order valence-corrected chi connectivity index (χ0v) is 11.4. The summed E-state index contributed by atoms with van der Waals surface area (Å²) in [5.74, 6) is 2.05. The van der Waals surface area contributed by atoms with Crippen molar-refractivity contribution >= 4 is 5.91 Å². The van der Waals surface area contributed by atoms with Gasteiger partial charge in [0.15, 0.2) is 11.5 Å². The summed E-state index contributed by atoms with van der Waals surface area (Å²) in [4.78, 5) is 12.2. The molecule has 3 rings (SSSR count). The first-order valence-electron chi connectivity index (χ1n) is 7.14. The lowest BCUT2D eigenvalue weighted by atomic mass is 9.95. The smallest absolute Gasteiger partial charge is 0.231 e. The highest BCUT2D eigenvalue weighted by Gasteiger charge is 2.31. The standard InChI is InChI=1S/C15H20N2O3/c16-7-11-2-1-3-12(11)15(18)17-8-10-4-5-13-14(6-10)20-9-19-13/h4-6,11-12H,1-3,7-9,16H2,(H,17,18)/t11-,12-/m1/s1. The number of rotatable bonds is 4. The SMILES string of the molecule is NC[C@H]1CCC[C@H]1C(=O)NCc1ccc2c(c1)OCO2. The number of carbonyl (C=O) groups is 1. The molecule has 108 valence electrons. The van der Waals surface area contributed by atoms with Crippen LogP contribution in [0.4, 0.5) is 0 Å². The van der Waals surface area contributed by atoms with Crippen LogP contribution < -0.4 is 20.5 Å². The normalized spacial score (nSPS) is 23.9. The molecule has 1 saturated carbocycles. The molecular weight excluding hydrogens is 256 g/mol. The van der Waals surface area contributed by atoms with Crippen LogP contribution in [0, 0.1) is 11.8 Å². The highest BCUT2D eigenvalue weighted by Crippen LogP contribution is 2.33. The molecular formula is C15H20N2O3. The Morgan fingerprint density at radius 1 is 1.30 bits per heavy atom. The van der Waals surface area contributed by atoms with Crippen LogP contribution in [0.15, 0.2) is 18.2 Å². The first kappa shape index (κ1) is 13.2. The van der Waals surface area contributed by atoms with Gasteiger partial charge in [-0.3, -0.25) is 4.79 Å². The third-order valence-electron chi connectivity index (χ3n) is 4.20. The molecule has 0 saturated heterocycles. The van der Waals surface area contributed by atoms with Crippen LogP contribution in [0.1, 0.15) is 24.8 Å². The van der Waals surface area contributed by atoms with Gasteiger partial charge in [-0.25, -0.2) is 0 Å². The molecule has 0 spiro atoms. The molecule has 0 radical (unpaired) electrons. The molecule has 3 N–H and O–H groups in total. The Hall–Kier alpha value is -1.75. The Morgan fingerprint density at radius 2 is 2.15 bits per heavy atom. The molecule has 1 amide bonds. The molecule has 1 aromatic rings. The van der Waals surface area contributed by atoms with E-state index in [2.05, 4.69) is 5.32 Å². The third-order valence-corrected chi connectivity index (χ3v) is 4.20. The minimum Gasteiger partial charge on any atom is -0.454 e. The minimum absolute atomic E-state index is 0.0778. The van der Waals surface area contributed by atoms with Gasteiger partial charge in [0, 0.05) is 12.5 Å². The Bertz CT molecular complexity index is 504. The van der Waals surface area contributed by atoms with Crippen LogP contribution in [0.3, 0.4) is 0 Å². The van der Waals surface area contributed by atoms with E-state index in [4.69, 9.17) is 15.2 Å². The topological polar surface area (TPSA) is 73.6 Å². The van der Waals surface area contributed by atoms with Crippen molar-refractivity contribution in [2.24, 2.45) is 17.6 Å². The van der Waals surface area contributed by atoms with Crippen molar-refractivity contribution in [3.8, 4) is 11.5 Å². The van der Waals surface area contributed by atoms with Gasteiger partial charge >= 0.3 is 0 Å².